The van der Waals surface area contributed by atoms with Gasteiger partial charge in [-0.3, -0.25) is 0 Å². The Labute approximate surface area is 49.2 Å². The summed E-state index contributed by atoms with van der Waals surface area (Å²) in [6.45, 7) is 3.59. The minimum Gasteiger partial charge on any atom is -0.118 e. The Balaban J connectivity index is 2.22. The maximum absolute atomic E-state index is 5.74. The van der Waals surface area contributed by atoms with E-state index >= 15 is 0 Å². The van der Waals surface area contributed by atoms with Crippen molar-refractivity contribution in [1.82, 2.24) is 0 Å². The number of allylic oxidation sites excluding steroid dienone is 1. The van der Waals surface area contributed by atoms with Crippen molar-refractivity contribution in [3.63, 3.8) is 0 Å². The third kappa shape index (κ3) is 1.20. The first-order valence-corrected chi connectivity index (χ1v) is 3.05. The topological polar surface area (TPSA) is 0 Å². The lowest BCUT2D eigenvalue weighted by molar-refractivity contribution is 0.873. The highest BCUT2D eigenvalue weighted by Crippen LogP contribution is 2.35. The van der Waals surface area contributed by atoms with E-state index in [0.717, 1.165) is 5.92 Å². The van der Waals surface area contributed by atoms with Gasteiger partial charge in [-0.15, -0.1) is 18.2 Å². The normalized spacial score (nSPS) is 24.1. The van der Waals surface area contributed by atoms with E-state index in [-0.39, 0.29) is 5.38 Å². The highest BCUT2D eigenvalue weighted by Gasteiger charge is 2.26. The van der Waals surface area contributed by atoms with Crippen LogP contribution >= 0.6 is 11.6 Å². The van der Waals surface area contributed by atoms with Gasteiger partial charge in [-0.05, 0) is 18.8 Å². The number of rotatable bonds is 2. The molecule has 0 bridgehead atoms. The second kappa shape index (κ2) is 1.87. The molecule has 0 aliphatic heterocycles. The molecule has 1 saturated carbocycles. The molecule has 1 fully saturated rings. The fraction of sp³-hybridized carbons (Fsp3) is 0.667. The van der Waals surface area contributed by atoms with Gasteiger partial charge in [0, 0.05) is 0 Å². The molecule has 40 valence electrons. The lowest BCUT2D eigenvalue weighted by Crippen LogP contribution is -1.92. The Bertz CT molecular complexity index is 74.2. The zero-order chi connectivity index (χ0) is 5.28. The Hall–Kier alpha value is 0.0300. The van der Waals surface area contributed by atoms with E-state index in [1.807, 2.05) is 6.08 Å². The molecule has 0 radical (unpaired) electrons. The van der Waals surface area contributed by atoms with Gasteiger partial charge in [0.25, 0.3) is 0 Å². The Morgan fingerprint density at radius 3 is 2.43 bits per heavy atom. The van der Waals surface area contributed by atoms with Crippen LogP contribution in [0.15, 0.2) is 12.7 Å². The minimum atomic E-state index is 0.250. The van der Waals surface area contributed by atoms with Crippen LogP contribution < -0.4 is 0 Å². The molecule has 7 heavy (non-hydrogen) atoms. The van der Waals surface area contributed by atoms with Gasteiger partial charge in [-0.2, -0.15) is 0 Å². The van der Waals surface area contributed by atoms with E-state index in [4.69, 9.17) is 11.6 Å². The molecule has 0 saturated heterocycles. The fourth-order valence-electron chi connectivity index (χ4n) is 0.607. The molecule has 1 aliphatic carbocycles. The average molecular weight is 117 g/mol. The highest BCUT2D eigenvalue weighted by molar-refractivity contribution is 6.22. The zero-order valence-electron chi connectivity index (χ0n) is 4.23. The summed E-state index contributed by atoms with van der Waals surface area (Å²) in [6.07, 6.45) is 4.43. The van der Waals surface area contributed by atoms with E-state index in [2.05, 4.69) is 6.58 Å². The summed E-state index contributed by atoms with van der Waals surface area (Å²) >= 11 is 5.74. The van der Waals surface area contributed by atoms with E-state index in [1.165, 1.54) is 12.8 Å². The van der Waals surface area contributed by atoms with Crippen LogP contribution in [-0.2, 0) is 0 Å². The van der Waals surface area contributed by atoms with Crippen LogP contribution in [0.25, 0.3) is 0 Å². The molecular weight excluding hydrogens is 108 g/mol. The summed E-state index contributed by atoms with van der Waals surface area (Å²) in [7, 11) is 0. The predicted octanol–water partition coefficient (Wildman–Crippen LogP) is 2.19. The van der Waals surface area contributed by atoms with E-state index in [1.54, 1.807) is 0 Å². The monoisotopic (exact) mass is 116 g/mol. The van der Waals surface area contributed by atoms with Crippen molar-refractivity contribution in [2.24, 2.45) is 5.92 Å². The SMILES string of the molecule is C=CC(Cl)C1CC1. The lowest BCUT2D eigenvalue weighted by Gasteiger charge is -1.94. The maximum Gasteiger partial charge on any atom is 0.0541 e. The zero-order valence-corrected chi connectivity index (χ0v) is 4.99. The van der Waals surface area contributed by atoms with Crippen molar-refractivity contribution >= 4 is 11.6 Å². The molecule has 0 aromatic rings. The van der Waals surface area contributed by atoms with Crippen molar-refractivity contribution in [1.29, 1.82) is 0 Å². The number of hydrogen-bond donors (Lipinski definition) is 0. The predicted molar refractivity (Wildman–Crippen MR) is 32.6 cm³/mol. The van der Waals surface area contributed by atoms with Crippen LogP contribution in [0.1, 0.15) is 12.8 Å². The molecule has 0 spiro atoms. The molecule has 1 rings (SSSR count). The van der Waals surface area contributed by atoms with Gasteiger partial charge in [-0.25, -0.2) is 0 Å². The van der Waals surface area contributed by atoms with E-state index in [9.17, 15) is 0 Å². The van der Waals surface area contributed by atoms with Gasteiger partial charge in [0.05, 0.1) is 5.38 Å². The summed E-state index contributed by atoms with van der Waals surface area (Å²) in [5.41, 5.74) is 0. The third-order valence-corrected chi connectivity index (χ3v) is 1.83. The second-order valence-electron chi connectivity index (χ2n) is 2.02. The molecule has 1 heteroatoms. The molecule has 0 nitrogen and oxygen atoms in total. The van der Waals surface area contributed by atoms with Gasteiger partial charge in [0.1, 0.15) is 0 Å². The number of alkyl halides is 1. The summed E-state index contributed by atoms with van der Waals surface area (Å²) < 4.78 is 0. The Kier molecular flexibility index (Phi) is 1.38. The van der Waals surface area contributed by atoms with E-state index in [0.29, 0.717) is 0 Å². The first-order valence-electron chi connectivity index (χ1n) is 2.61. The molecule has 0 aromatic carbocycles. The van der Waals surface area contributed by atoms with Crippen molar-refractivity contribution < 1.29 is 0 Å². The van der Waals surface area contributed by atoms with E-state index < -0.39 is 0 Å². The summed E-state index contributed by atoms with van der Waals surface area (Å²) in [6, 6.07) is 0. The minimum absolute atomic E-state index is 0.250. The van der Waals surface area contributed by atoms with Crippen LogP contribution in [-0.4, -0.2) is 5.38 Å². The second-order valence-corrected chi connectivity index (χ2v) is 2.52. The summed E-state index contributed by atoms with van der Waals surface area (Å²) in [4.78, 5) is 0. The molecule has 1 atom stereocenters. The molecule has 0 aromatic heterocycles. The van der Waals surface area contributed by atoms with Crippen LogP contribution in [0.2, 0.25) is 0 Å². The summed E-state index contributed by atoms with van der Waals surface area (Å²) in [5, 5.41) is 0.250. The van der Waals surface area contributed by atoms with Gasteiger partial charge < -0.3 is 0 Å². The van der Waals surface area contributed by atoms with Crippen molar-refractivity contribution in [2.75, 3.05) is 0 Å². The molecule has 0 heterocycles. The van der Waals surface area contributed by atoms with Crippen LogP contribution in [0.3, 0.4) is 0 Å². The van der Waals surface area contributed by atoms with Crippen LogP contribution in [0, 0.1) is 5.92 Å². The lowest BCUT2D eigenvalue weighted by atomic mass is 10.3. The van der Waals surface area contributed by atoms with Crippen molar-refractivity contribution in [2.45, 2.75) is 18.2 Å². The number of halogens is 1. The van der Waals surface area contributed by atoms with Crippen LogP contribution in [0.4, 0.5) is 0 Å². The van der Waals surface area contributed by atoms with Crippen molar-refractivity contribution in [3.8, 4) is 0 Å². The smallest absolute Gasteiger partial charge is 0.0541 e. The summed E-state index contributed by atoms with van der Waals surface area (Å²) in [5.74, 6) is 0.763. The average Bonchev–Trinajstić information content (AvgIpc) is 2.44. The third-order valence-electron chi connectivity index (χ3n) is 1.30. The van der Waals surface area contributed by atoms with Gasteiger partial charge in [-0.1, -0.05) is 6.08 Å². The largest absolute Gasteiger partial charge is 0.118 e. The first-order chi connectivity index (χ1) is 3.34. The van der Waals surface area contributed by atoms with Crippen LogP contribution in [0.5, 0.6) is 0 Å². The Morgan fingerprint density at radius 1 is 1.71 bits per heavy atom. The molecular formula is C6H9Cl. The first kappa shape index (κ1) is 5.17. The molecule has 0 amide bonds. The highest BCUT2D eigenvalue weighted by atomic mass is 35.5. The molecule has 1 aliphatic rings. The fourth-order valence-corrected chi connectivity index (χ4v) is 0.859. The molecule has 1 unspecified atom stereocenters. The Morgan fingerprint density at radius 2 is 2.29 bits per heavy atom. The maximum atomic E-state index is 5.74. The number of hydrogen-bond acceptors (Lipinski definition) is 0. The van der Waals surface area contributed by atoms with Gasteiger partial charge >= 0.3 is 0 Å². The van der Waals surface area contributed by atoms with Crippen molar-refractivity contribution in [3.05, 3.63) is 12.7 Å². The quantitative estimate of drug-likeness (QED) is 0.383. The van der Waals surface area contributed by atoms with Gasteiger partial charge in [0.15, 0.2) is 0 Å². The molecule has 0 N–H and O–H groups in total. The van der Waals surface area contributed by atoms with Gasteiger partial charge in [0.2, 0.25) is 0 Å². The standard InChI is InChI=1S/C6H9Cl/c1-2-6(7)5-3-4-5/h2,5-6H,1,3-4H2.